The lowest BCUT2D eigenvalue weighted by molar-refractivity contribution is 0.0735. The average Bonchev–Trinajstić information content (AvgIpc) is 2.47. The van der Waals surface area contributed by atoms with Crippen molar-refractivity contribution in [1.29, 1.82) is 0 Å². The minimum Gasteiger partial charge on any atom is -0.391 e. The molecule has 2 aromatic rings. The SMILES string of the molecule is Cc1c(Br)cc2c(=O)n([C@@H]3CCCC[C@H]3O)cnc2c1C. The van der Waals surface area contributed by atoms with Crippen LogP contribution in [-0.4, -0.2) is 20.8 Å². The Kier molecular flexibility index (Phi) is 3.88. The Labute approximate surface area is 131 Å². The second-order valence-corrected chi connectivity index (χ2v) is 6.74. The van der Waals surface area contributed by atoms with E-state index in [9.17, 15) is 9.90 Å². The van der Waals surface area contributed by atoms with Gasteiger partial charge in [0.15, 0.2) is 0 Å². The van der Waals surface area contributed by atoms with Crippen LogP contribution >= 0.6 is 15.9 Å². The van der Waals surface area contributed by atoms with Crippen LogP contribution in [0.15, 0.2) is 21.7 Å². The smallest absolute Gasteiger partial charge is 0.261 e. The third-order valence-corrected chi connectivity index (χ3v) is 5.45. The number of benzene rings is 1. The Morgan fingerprint density at radius 3 is 2.71 bits per heavy atom. The Balaban J connectivity index is 2.21. The molecule has 2 atom stereocenters. The van der Waals surface area contributed by atoms with E-state index < -0.39 is 6.10 Å². The molecule has 0 saturated heterocycles. The van der Waals surface area contributed by atoms with Crippen LogP contribution in [0.2, 0.25) is 0 Å². The number of hydrogen-bond acceptors (Lipinski definition) is 3. The van der Waals surface area contributed by atoms with Crippen molar-refractivity contribution in [2.24, 2.45) is 0 Å². The maximum Gasteiger partial charge on any atom is 0.261 e. The van der Waals surface area contributed by atoms with E-state index >= 15 is 0 Å². The monoisotopic (exact) mass is 350 g/mol. The van der Waals surface area contributed by atoms with Crippen molar-refractivity contribution >= 4 is 26.8 Å². The number of aromatic nitrogens is 2. The standard InChI is InChI=1S/C16H19BrN2O2/c1-9-10(2)15-11(7-12(9)17)16(21)19(8-18-15)13-5-3-4-6-14(13)20/h7-8,13-14,20H,3-6H2,1-2H3/t13-,14-/m1/s1. The molecule has 1 fully saturated rings. The molecular formula is C16H19BrN2O2. The van der Waals surface area contributed by atoms with Crippen molar-refractivity contribution in [3.05, 3.63) is 38.3 Å². The predicted molar refractivity (Wildman–Crippen MR) is 86.7 cm³/mol. The summed E-state index contributed by atoms with van der Waals surface area (Å²) in [5.41, 5.74) is 2.81. The maximum absolute atomic E-state index is 12.8. The topological polar surface area (TPSA) is 55.1 Å². The van der Waals surface area contributed by atoms with E-state index in [1.165, 1.54) is 0 Å². The highest BCUT2D eigenvalue weighted by Gasteiger charge is 2.26. The second kappa shape index (κ2) is 5.54. The van der Waals surface area contributed by atoms with Crippen LogP contribution in [0.1, 0.15) is 42.9 Å². The van der Waals surface area contributed by atoms with Gasteiger partial charge in [0.25, 0.3) is 5.56 Å². The van der Waals surface area contributed by atoms with Gasteiger partial charge in [0.05, 0.1) is 29.4 Å². The third kappa shape index (κ3) is 2.42. The third-order valence-electron chi connectivity index (χ3n) is 4.63. The summed E-state index contributed by atoms with van der Waals surface area (Å²) in [7, 11) is 0. The molecule has 1 saturated carbocycles. The molecule has 0 radical (unpaired) electrons. The highest BCUT2D eigenvalue weighted by molar-refractivity contribution is 9.10. The fourth-order valence-corrected chi connectivity index (χ4v) is 3.68. The summed E-state index contributed by atoms with van der Waals surface area (Å²) in [5, 5.41) is 10.8. The van der Waals surface area contributed by atoms with E-state index in [1.807, 2.05) is 19.9 Å². The van der Waals surface area contributed by atoms with Crippen molar-refractivity contribution < 1.29 is 5.11 Å². The van der Waals surface area contributed by atoms with Crippen molar-refractivity contribution in [2.75, 3.05) is 0 Å². The van der Waals surface area contributed by atoms with E-state index in [2.05, 4.69) is 20.9 Å². The fraction of sp³-hybridized carbons (Fsp3) is 0.500. The number of rotatable bonds is 1. The first kappa shape index (κ1) is 14.7. The molecule has 21 heavy (non-hydrogen) atoms. The molecule has 0 bridgehead atoms. The molecular weight excluding hydrogens is 332 g/mol. The van der Waals surface area contributed by atoms with Gasteiger partial charge in [-0.15, -0.1) is 0 Å². The predicted octanol–water partition coefficient (Wildman–Crippen LogP) is 3.25. The van der Waals surface area contributed by atoms with Gasteiger partial charge in [0, 0.05) is 4.47 Å². The van der Waals surface area contributed by atoms with Gasteiger partial charge in [-0.05, 0) is 43.9 Å². The second-order valence-electron chi connectivity index (χ2n) is 5.88. The van der Waals surface area contributed by atoms with Crippen molar-refractivity contribution in [3.63, 3.8) is 0 Å². The zero-order valence-electron chi connectivity index (χ0n) is 12.3. The Morgan fingerprint density at radius 1 is 1.29 bits per heavy atom. The van der Waals surface area contributed by atoms with E-state index in [0.29, 0.717) is 5.39 Å². The van der Waals surface area contributed by atoms with Gasteiger partial charge < -0.3 is 5.11 Å². The van der Waals surface area contributed by atoms with Gasteiger partial charge in [-0.25, -0.2) is 4.98 Å². The summed E-state index contributed by atoms with van der Waals surface area (Å²) in [6.07, 6.45) is 4.81. The molecule has 4 nitrogen and oxygen atoms in total. The normalized spacial score (nSPS) is 22.7. The van der Waals surface area contributed by atoms with Crippen molar-refractivity contribution in [2.45, 2.75) is 51.7 Å². The molecule has 1 aromatic carbocycles. The largest absolute Gasteiger partial charge is 0.391 e. The summed E-state index contributed by atoms with van der Waals surface area (Å²) in [6, 6.07) is 1.70. The number of fused-ring (bicyclic) bond motifs is 1. The Bertz CT molecular complexity index is 754. The lowest BCUT2D eigenvalue weighted by Crippen LogP contribution is -2.34. The lowest BCUT2D eigenvalue weighted by atomic mass is 9.92. The van der Waals surface area contributed by atoms with E-state index in [0.717, 1.165) is 46.8 Å². The van der Waals surface area contributed by atoms with Crippen LogP contribution < -0.4 is 5.56 Å². The first-order valence-corrected chi connectivity index (χ1v) is 8.14. The summed E-state index contributed by atoms with van der Waals surface area (Å²) < 4.78 is 2.54. The molecule has 1 heterocycles. The number of nitrogens with zero attached hydrogens (tertiary/aromatic N) is 2. The Morgan fingerprint density at radius 2 is 2.00 bits per heavy atom. The molecule has 0 unspecified atom stereocenters. The minimum absolute atomic E-state index is 0.0604. The summed E-state index contributed by atoms with van der Waals surface area (Å²) >= 11 is 3.51. The summed E-state index contributed by atoms with van der Waals surface area (Å²) in [5.74, 6) is 0. The number of hydrogen-bond donors (Lipinski definition) is 1. The van der Waals surface area contributed by atoms with Gasteiger partial charge in [0.1, 0.15) is 0 Å². The first-order valence-electron chi connectivity index (χ1n) is 7.35. The molecule has 0 spiro atoms. The van der Waals surface area contributed by atoms with E-state index in [-0.39, 0.29) is 11.6 Å². The van der Waals surface area contributed by atoms with Gasteiger partial charge in [-0.2, -0.15) is 0 Å². The first-order chi connectivity index (χ1) is 10.0. The maximum atomic E-state index is 12.8. The average molecular weight is 351 g/mol. The number of aliphatic hydroxyl groups excluding tert-OH is 1. The molecule has 1 N–H and O–H groups in total. The number of aliphatic hydroxyl groups is 1. The molecule has 3 rings (SSSR count). The van der Waals surface area contributed by atoms with Gasteiger partial charge in [-0.1, -0.05) is 28.8 Å². The highest BCUT2D eigenvalue weighted by Crippen LogP contribution is 2.29. The molecule has 112 valence electrons. The zero-order valence-corrected chi connectivity index (χ0v) is 13.9. The lowest BCUT2D eigenvalue weighted by Gasteiger charge is -2.29. The van der Waals surface area contributed by atoms with Crippen molar-refractivity contribution in [3.8, 4) is 0 Å². The molecule has 1 aliphatic rings. The van der Waals surface area contributed by atoms with Gasteiger partial charge in [0.2, 0.25) is 0 Å². The summed E-state index contributed by atoms with van der Waals surface area (Å²) in [4.78, 5) is 17.3. The van der Waals surface area contributed by atoms with E-state index in [1.54, 1.807) is 10.9 Å². The quantitative estimate of drug-likeness (QED) is 0.858. The minimum atomic E-state index is -0.453. The molecule has 1 aliphatic carbocycles. The number of halogens is 1. The molecule has 5 heteroatoms. The van der Waals surface area contributed by atoms with Crippen LogP contribution in [0.3, 0.4) is 0 Å². The summed E-state index contributed by atoms with van der Waals surface area (Å²) in [6.45, 7) is 3.99. The van der Waals surface area contributed by atoms with Crippen LogP contribution in [0.5, 0.6) is 0 Å². The highest BCUT2D eigenvalue weighted by atomic mass is 79.9. The van der Waals surface area contributed by atoms with Gasteiger partial charge >= 0.3 is 0 Å². The molecule has 0 aliphatic heterocycles. The van der Waals surface area contributed by atoms with E-state index in [4.69, 9.17) is 0 Å². The van der Waals surface area contributed by atoms with Gasteiger partial charge in [-0.3, -0.25) is 9.36 Å². The molecule has 1 aromatic heterocycles. The number of aryl methyl sites for hydroxylation is 1. The molecule has 0 amide bonds. The van der Waals surface area contributed by atoms with Crippen LogP contribution in [0.25, 0.3) is 10.9 Å². The van der Waals surface area contributed by atoms with Crippen LogP contribution in [0.4, 0.5) is 0 Å². The fourth-order valence-electron chi connectivity index (χ4n) is 3.16. The Hall–Kier alpha value is -1.20. The van der Waals surface area contributed by atoms with Crippen LogP contribution in [0, 0.1) is 13.8 Å². The van der Waals surface area contributed by atoms with Crippen LogP contribution in [-0.2, 0) is 0 Å². The zero-order chi connectivity index (χ0) is 15.1. The van der Waals surface area contributed by atoms with Crippen molar-refractivity contribution in [1.82, 2.24) is 9.55 Å².